The summed E-state index contributed by atoms with van der Waals surface area (Å²) in [6, 6.07) is 2.04. The zero-order chi connectivity index (χ0) is 11.8. The van der Waals surface area contributed by atoms with Crippen molar-refractivity contribution in [3.8, 4) is 0 Å². The fraction of sp³-hybridized carbons (Fsp3) is 0.500. The molecule has 1 atom stereocenters. The molecule has 0 fully saturated rings. The van der Waals surface area contributed by atoms with Gasteiger partial charge in [-0.3, -0.25) is 0 Å². The summed E-state index contributed by atoms with van der Waals surface area (Å²) in [6.07, 6.45) is 0. The summed E-state index contributed by atoms with van der Waals surface area (Å²) >= 11 is 0. The minimum absolute atomic E-state index is 0.0116. The van der Waals surface area contributed by atoms with Gasteiger partial charge in [0.15, 0.2) is 0 Å². The molecule has 0 aliphatic carbocycles. The van der Waals surface area contributed by atoms with Crippen LogP contribution in [0, 0.1) is 24.0 Å². The molecule has 1 aromatic carbocycles. The van der Waals surface area contributed by atoms with Crippen LogP contribution in [0.3, 0.4) is 0 Å². The lowest BCUT2D eigenvalue weighted by atomic mass is 9.82. The molecule has 0 aliphatic heterocycles. The quantitative estimate of drug-likeness (QED) is 0.760. The van der Waals surface area contributed by atoms with Crippen LogP contribution in [-0.4, -0.2) is 0 Å². The van der Waals surface area contributed by atoms with Crippen LogP contribution in [0.25, 0.3) is 0 Å². The van der Waals surface area contributed by atoms with Gasteiger partial charge in [-0.05, 0) is 24.0 Å². The Morgan fingerprint density at radius 3 is 2.20 bits per heavy atom. The zero-order valence-electron chi connectivity index (χ0n) is 9.57. The number of benzene rings is 1. The summed E-state index contributed by atoms with van der Waals surface area (Å²) < 4.78 is 27.2. The van der Waals surface area contributed by atoms with E-state index in [0.717, 1.165) is 0 Å². The minimum Gasteiger partial charge on any atom is -0.323 e. The molecule has 0 amide bonds. The Morgan fingerprint density at radius 1 is 1.20 bits per heavy atom. The molecule has 0 saturated carbocycles. The Bertz CT molecular complexity index is 367. The zero-order valence-corrected chi connectivity index (χ0v) is 9.57. The van der Waals surface area contributed by atoms with E-state index in [9.17, 15) is 8.78 Å². The van der Waals surface area contributed by atoms with Crippen molar-refractivity contribution in [3.05, 3.63) is 34.9 Å². The Morgan fingerprint density at radius 2 is 1.73 bits per heavy atom. The standard InChI is InChI=1S/C12H17F2N/c1-7-5-6-8(13)9(10(7)14)11(15)12(2,3)4/h5-6,11H,15H2,1-4H3/t11-/m1/s1. The van der Waals surface area contributed by atoms with E-state index in [1.807, 2.05) is 20.8 Å². The largest absolute Gasteiger partial charge is 0.323 e. The summed E-state index contributed by atoms with van der Waals surface area (Å²) in [5, 5.41) is 0. The summed E-state index contributed by atoms with van der Waals surface area (Å²) in [6.45, 7) is 7.18. The van der Waals surface area contributed by atoms with Gasteiger partial charge in [0, 0.05) is 11.6 Å². The highest BCUT2D eigenvalue weighted by Crippen LogP contribution is 2.34. The van der Waals surface area contributed by atoms with Crippen molar-refractivity contribution in [2.24, 2.45) is 11.1 Å². The molecule has 0 heterocycles. The Kier molecular flexibility index (Phi) is 3.14. The van der Waals surface area contributed by atoms with E-state index in [2.05, 4.69) is 0 Å². The highest BCUT2D eigenvalue weighted by atomic mass is 19.1. The molecule has 3 heteroatoms. The summed E-state index contributed by atoms with van der Waals surface area (Å²) in [7, 11) is 0. The number of aryl methyl sites for hydroxylation is 1. The lowest BCUT2D eigenvalue weighted by Gasteiger charge is -2.28. The van der Waals surface area contributed by atoms with Gasteiger partial charge < -0.3 is 5.73 Å². The fourth-order valence-corrected chi connectivity index (χ4v) is 1.40. The second-order valence-corrected chi connectivity index (χ2v) is 4.94. The van der Waals surface area contributed by atoms with Gasteiger partial charge >= 0.3 is 0 Å². The van der Waals surface area contributed by atoms with Gasteiger partial charge in [-0.15, -0.1) is 0 Å². The van der Waals surface area contributed by atoms with E-state index in [-0.39, 0.29) is 11.0 Å². The predicted molar refractivity (Wildman–Crippen MR) is 57.5 cm³/mol. The topological polar surface area (TPSA) is 26.0 Å². The van der Waals surface area contributed by atoms with Crippen molar-refractivity contribution in [3.63, 3.8) is 0 Å². The van der Waals surface area contributed by atoms with Crippen molar-refractivity contribution >= 4 is 0 Å². The maximum absolute atomic E-state index is 13.7. The maximum Gasteiger partial charge on any atom is 0.133 e. The van der Waals surface area contributed by atoms with Crippen molar-refractivity contribution < 1.29 is 8.78 Å². The molecular weight excluding hydrogens is 196 g/mol. The smallest absolute Gasteiger partial charge is 0.133 e. The molecule has 0 bridgehead atoms. The van der Waals surface area contributed by atoms with E-state index >= 15 is 0 Å². The van der Waals surface area contributed by atoms with Gasteiger partial charge in [0.25, 0.3) is 0 Å². The third-order valence-electron chi connectivity index (χ3n) is 2.56. The van der Waals surface area contributed by atoms with Crippen LogP contribution in [0.5, 0.6) is 0 Å². The van der Waals surface area contributed by atoms with E-state index in [1.54, 1.807) is 6.92 Å². The first kappa shape index (κ1) is 12.1. The Labute approximate surface area is 89.3 Å². The summed E-state index contributed by atoms with van der Waals surface area (Å²) in [5.74, 6) is -1.10. The van der Waals surface area contributed by atoms with E-state index in [1.165, 1.54) is 12.1 Å². The van der Waals surface area contributed by atoms with E-state index in [0.29, 0.717) is 5.56 Å². The lowest BCUT2D eigenvalue weighted by Crippen LogP contribution is -2.28. The first-order chi connectivity index (χ1) is 6.75. The summed E-state index contributed by atoms with van der Waals surface area (Å²) in [4.78, 5) is 0. The number of hydrogen-bond acceptors (Lipinski definition) is 1. The monoisotopic (exact) mass is 213 g/mol. The molecule has 2 N–H and O–H groups in total. The van der Waals surface area contributed by atoms with Gasteiger partial charge in [-0.2, -0.15) is 0 Å². The molecule has 0 spiro atoms. The van der Waals surface area contributed by atoms with Crippen LogP contribution in [0.1, 0.15) is 37.9 Å². The van der Waals surface area contributed by atoms with Crippen LogP contribution in [0.4, 0.5) is 8.78 Å². The van der Waals surface area contributed by atoms with Crippen molar-refractivity contribution in [2.75, 3.05) is 0 Å². The molecule has 1 nitrogen and oxygen atoms in total. The Balaban J connectivity index is 3.31. The molecule has 84 valence electrons. The molecule has 1 rings (SSSR count). The van der Waals surface area contributed by atoms with Crippen LogP contribution < -0.4 is 5.73 Å². The van der Waals surface area contributed by atoms with E-state index in [4.69, 9.17) is 5.73 Å². The van der Waals surface area contributed by atoms with Gasteiger partial charge in [-0.1, -0.05) is 26.8 Å². The predicted octanol–water partition coefficient (Wildman–Crippen LogP) is 3.32. The van der Waals surface area contributed by atoms with Gasteiger partial charge in [-0.25, -0.2) is 8.78 Å². The maximum atomic E-state index is 13.7. The molecule has 0 aromatic heterocycles. The van der Waals surface area contributed by atoms with Gasteiger partial charge in [0.1, 0.15) is 11.6 Å². The summed E-state index contributed by atoms with van der Waals surface area (Å²) in [5.41, 5.74) is 5.91. The molecule has 15 heavy (non-hydrogen) atoms. The number of rotatable bonds is 1. The first-order valence-electron chi connectivity index (χ1n) is 4.95. The van der Waals surface area contributed by atoms with Gasteiger partial charge in [0.05, 0.1) is 0 Å². The average Bonchev–Trinajstić information content (AvgIpc) is 2.10. The second kappa shape index (κ2) is 3.89. The van der Waals surface area contributed by atoms with E-state index < -0.39 is 17.7 Å². The number of nitrogens with two attached hydrogens (primary N) is 1. The highest BCUT2D eigenvalue weighted by Gasteiger charge is 2.28. The molecule has 0 unspecified atom stereocenters. The second-order valence-electron chi connectivity index (χ2n) is 4.94. The van der Waals surface area contributed by atoms with Crippen molar-refractivity contribution in [1.82, 2.24) is 0 Å². The fourth-order valence-electron chi connectivity index (χ4n) is 1.40. The van der Waals surface area contributed by atoms with Crippen molar-refractivity contribution in [2.45, 2.75) is 33.7 Å². The number of halogens is 2. The first-order valence-corrected chi connectivity index (χ1v) is 4.95. The average molecular weight is 213 g/mol. The SMILES string of the molecule is Cc1ccc(F)c([C@@H](N)C(C)(C)C)c1F. The van der Waals surface area contributed by atoms with Crippen molar-refractivity contribution in [1.29, 1.82) is 0 Å². The van der Waals surface area contributed by atoms with Crippen LogP contribution in [0.2, 0.25) is 0 Å². The molecular formula is C12H17F2N. The number of hydrogen-bond donors (Lipinski definition) is 1. The van der Waals surface area contributed by atoms with Crippen LogP contribution in [0.15, 0.2) is 12.1 Å². The molecule has 1 aromatic rings. The Hall–Kier alpha value is -0.960. The normalized spacial score (nSPS) is 14.1. The third-order valence-corrected chi connectivity index (χ3v) is 2.56. The molecule has 0 radical (unpaired) electrons. The molecule has 0 saturated heterocycles. The minimum atomic E-state index is -0.641. The van der Waals surface area contributed by atoms with Gasteiger partial charge in [0.2, 0.25) is 0 Å². The van der Waals surface area contributed by atoms with Crippen LogP contribution >= 0.6 is 0 Å². The lowest BCUT2D eigenvalue weighted by molar-refractivity contribution is 0.310. The third kappa shape index (κ3) is 2.34. The molecule has 0 aliphatic rings. The highest BCUT2D eigenvalue weighted by molar-refractivity contribution is 5.30. The van der Waals surface area contributed by atoms with Crippen LogP contribution in [-0.2, 0) is 0 Å².